The second kappa shape index (κ2) is 10.2. The Morgan fingerprint density at radius 1 is 1.12 bits per heavy atom. The monoisotopic (exact) mass is 500 g/mol. The summed E-state index contributed by atoms with van der Waals surface area (Å²) in [5.74, 6) is -3.53. The summed E-state index contributed by atoms with van der Waals surface area (Å²) in [5.41, 5.74) is -0.836. The highest BCUT2D eigenvalue weighted by atomic mass is 35.5. The van der Waals surface area contributed by atoms with Crippen LogP contribution in [0.2, 0.25) is 5.28 Å². The molecule has 0 unspecified atom stereocenters. The number of hydrogen-bond donors (Lipinski definition) is 1. The van der Waals surface area contributed by atoms with Crippen LogP contribution in [0.15, 0.2) is 12.1 Å². The van der Waals surface area contributed by atoms with Gasteiger partial charge >= 0.3 is 6.09 Å². The lowest BCUT2D eigenvalue weighted by atomic mass is 9.93. The fourth-order valence-corrected chi connectivity index (χ4v) is 3.98. The van der Waals surface area contributed by atoms with Crippen LogP contribution < -0.4 is 15.1 Å². The summed E-state index contributed by atoms with van der Waals surface area (Å²) in [4.78, 5) is 28.9. The van der Waals surface area contributed by atoms with Crippen molar-refractivity contribution in [2.45, 2.75) is 52.2 Å². The first kappa shape index (κ1) is 25.8. The van der Waals surface area contributed by atoms with E-state index in [4.69, 9.17) is 16.3 Å². The van der Waals surface area contributed by atoms with Crippen LogP contribution in [0, 0.1) is 17.5 Å². The molecule has 0 saturated carbocycles. The maximum Gasteiger partial charge on any atom is 0.407 e. The number of nitrogens with zero attached hydrogens (tertiary/aromatic N) is 5. The van der Waals surface area contributed by atoms with Gasteiger partial charge in [-0.2, -0.15) is 15.0 Å². The lowest BCUT2D eigenvalue weighted by molar-refractivity contribution is 0.0504. The van der Waals surface area contributed by atoms with Crippen molar-refractivity contribution in [1.82, 2.24) is 20.3 Å². The number of alkyl carbamates (subject to hydrolysis) is 1. The zero-order valence-corrected chi connectivity index (χ0v) is 20.5. The number of aromatic nitrogens is 3. The second-order valence-corrected chi connectivity index (χ2v) is 9.27. The summed E-state index contributed by atoms with van der Waals surface area (Å²) in [5, 5.41) is 2.70. The standard InChI is InChI=1S/C22H28ClF3N6O2/c1-6-31(7-2)19-28-18(23)29-20(30-19)32-10-13(12-8-15(25)16(26)9-14(12)24)17(11-32)27-21(33)34-22(3,4)5/h8-9,13,17H,6-7,10-11H2,1-5H3,(H,27,33)/t13-,17+/m1/s1. The number of nitrogens with one attached hydrogen (secondary N) is 1. The van der Waals surface area contributed by atoms with Crippen LogP contribution >= 0.6 is 11.6 Å². The Labute approximate surface area is 201 Å². The van der Waals surface area contributed by atoms with Gasteiger partial charge in [-0.3, -0.25) is 0 Å². The number of amides is 1. The molecule has 1 saturated heterocycles. The molecule has 0 aliphatic carbocycles. The number of carbonyl (C=O) groups is 1. The normalized spacial score (nSPS) is 18.2. The van der Waals surface area contributed by atoms with Crippen molar-refractivity contribution in [2.75, 3.05) is 36.0 Å². The third-order valence-corrected chi connectivity index (χ3v) is 5.54. The van der Waals surface area contributed by atoms with Crippen molar-refractivity contribution in [3.05, 3.63) is 40.4 Å². The number of ether oxygens (including phenoxy) is 1. The first-order valence-electron chi connectivity index (χ1n) is 11.0. The van der Waals surface area contributed by atoms with Crippen molar-refractivity contribution in [1.29, 1.82) is 0 Å². The van der Waals surface area contributed by atoms with E-state index in [2.05, 4.69) is 20.3 Å². The molecule has 2 atom stereocenters. The lowest BCUT2D eigenvalue weighted by Gasteiger charge is -2.24. The van der Waals surface area contributed by atoms with Crippen molar-refractivity contribution in [2.24, 2.45) is 0 Å². The van der Waals surface area contributed by atoms with Gasteiger partial charge in [-0.05, 0) is 57.8 Å². The van der Waals surface area contributed by atoms with Crippen molar-refractivity contribution >= 4 is 29.6 Å². The molecule has 12 heteroatoms. The maximum atomic E-state index is 14.7. The van der Waals surface area contributed by atoms with Crippen LogP contribution in [0.4, 0.5) is 29.9 Å². The Kier molecular flexibility index (Phi) is 7.74. The Bertz CT molecular complexity index is 1050. The van der Waals surface area contributed by atoms with Crippen LogP contribution in [-0.2, 0) is 4.74 Å². The molecule has 1 amide bonds. The molecule has 1 N–H and O–H groups in total. The van der Waals surface area contributed by atoms with Gasteiger partial charge in [0.1, 0.15) is 11.4 Å². The van der Waals surface area contributed by atoms with Gasteiger partial charge < -0.3 is 19.9 Å². The van der Waals surface area contributed by atoms with Gasteiger partial charge in [-0.15, -0.1) is 0 Å². The molecule has 0 bridgehead atoms. The molecule has 34 heavy (non-hydrogen) atoms. The zero-order valence-electron chi connectivity index (χ0n) is 19.7. The third kappa shape index (κ3) is 5.99. The van der Waals surface area contributed by atoms with Gasteiger partial charge in [0.2, 0.25) is 17.2 Å². The molecular formula is C22H28ClF3N6O2. The second-order valence-electron chi connectivity index (χ2n) is 8.93. The van der Waals surface area contributed by atoms with Gasteiger partial charge in [0.25, 0.3) is 0 Å². The largest absolute Gasteiger partial charge is 0.444 e. The highest BCUT2D eigenvalue weighted by Crippen LogP contribution is 2.33. The smallest absolute Gasteiger partial charge is 0.407 e. The van der Waals surface area contributed by atoms with Gasteiger partial charge in [-0.1, -0.05) is 0 Å². The molecule has 1 aromatic heterocycles. The van der Waals surface area contributed by atoms with E-state index in [9.17, 15) is 18.0 Å². The number of hydrogen-bond acceptors (Lipinski definition) is 7. The lowest BCUT2D eigenvalue weighted by Crippen LogP contribution is -2.43. The van der Waals surface area contributed by atoms with Crippen LogP contribution in [0.25, 0.3) is 0 Å². The van der Waals surface area contributed by atoms with Gasteiger partial charge in [0.05, 0.1) is 6.04 Å². The summed E-state index contributed by atoms with van der Waals surface area (Å²) in [7, 11) is 0. The van der Waals surface area contributed by atoms with E-state index in [1.54, 1.807) is 25.7 Å². The fourth-order valence-electron chi connectivity index (χ4n) is 3.83. The Hall–Kier alpha value is -2.82. The number of carbonyl (C=O) groups excluding carboxylic acids is 1. The van der Waals surface area contributed by atoms with E-state index in [1.807, 2.05) is 18.7 Å². The van der Waals surface area contributed by atoms with Gasteiger partial charge in [0.15, 0.2) is 11.6 Å². The number of anilines is 2. The Morgan fingerprint density at radius 2 is 1.76 bits per heavy atom. The van der Waals surface area contributed by atoms with Crippen LogP contribution in [0.1, 0.15) is 46.1 Å². The van der Waals surface area contributed by atoms with Gasteiger partial charge in [-0.25, -0.2) is 18.0 Å². The quantitative estimate of drug-likeness (QED) is 0.592. The van der Waals surface area contributed by atoms with Crippen LogP contribution in [0.5, 0.6) is 0 Å². The maximum absolute atomic E-state index is 14.7. The van der Waals surface area contributed by atoms with E-state index in [0.717, 1.165) is 6.07 Å². The van der Waals surface area contributed by atoms with E-state index < -0.39 is 41.1 Å². The molecule has 186 valence electrons. The van der Waals surface area contributed by atoms with Crippen LogP contribution in [-0.4, -0.2) is 58.9 Å². The Morgan fingerprint density at radius 3 is 2.38 bits per heavy atom. The van der Waals surface area contributed by atoms with Crippen molar-refractivity contribution in [3.63, 3.8) is 0 Å². The Balaban J connectivity index is 1.97. The molecule has 8 nitrogen and oxygen atoms in total. The first-order chi connectivity index (χ1) is 15.9. The minimum atomic E-state index is -1.29. The average Bonchev–Trinajstić information content (AvgIpc) is 3.13. The summed E-state index contributed by atoms with van der Waals surface area (Å²) < 4.78 is 47.6. The summed E-state index contributed by atoms with van der Waals surface area (Å²) in [6.07, 6.45) is -0.718. The van der Waals surface area contributed by atoms with E-state index in [1.165, 1.54) is 0 Å². The molecule has 2 heterocycles. The number of benzene rings is 1. The average molecular weight is 501 g/mol. The molecule has 3 rings (SSSR count). The van der Waals surface area contributed by atoms with Gasteiger partial charge in [0, 0.05) is 38.2 Å². The fraction of sp³-hybridized carbons (Fsp3) is 0.545. The first-order valence-corrected chi connectivity index (χ1v) is 11.3. The predicted molar refractivity (Wildman–Crippen MR) is 123 cm³/mol. The SMILES string of the molecule is CCN(CC)c1nc(Cl)nc(N2C[C@H](NC(=O)OC(C)(C)C)[C@@H](c3cc(F)c(F)cc3F)C2)n1. The van der Waals surface area contributed by atoms with E-state index >= 15 is 0 Å². The highest BCUT2D eigenvalue weighted by molar-refractivity contribution is 6.28. The molecule has 1 aliphatic rings. The molecule has 0 radical (unpaired) electrons. The molecule has 0 spiro atoms. The number of rotatable bonds is 6. The molecule has 2 aromatic rings. The highest BCUT2D eigenvalue weighted by Gasteiger charge is 2.39. The molecule has 1 aromatic carbocycles. The summed E-state index contributed by atoms with van der Waals surface area (Å²) >= 11 is 6.14. The minimum absolute atomic E-state index is 0.0222. The predicted octanol–water partition coefficient (Wildman–Crippen LogP) is 4.29. The topological polar surface area (TPSA) is 83.5 Å². The van der Waals surface area contributed by atoms with Crippen molar-refractivity contribution < 1.29 is 22.7 Å². The molecular weight excluding hydrogens is 473 g/mol. The summed E-state index contributed by atoms with van der Waals surface area (Å²) in [6.45, 7) is 10.6. The number of halogens is 4. The van der Waals surface area contributed by atoms with E-state index in [0.29, 0.717) is 25.1 Å². The molecule has 1 aliphatic heterocycles. The van der Waals surface area contributed by atoms with E-state index in [-0.39, 0.29) is 29.9 Å². The molecule has 1 fully saturated rings. The zero-order chi connectivity index (χ0) is 25.2. The van der Waals surface area contributed by atoms with Crippen molar-refractivity contribution in [3.8, 4) is 0 Å². The summed E-state index contributed by atoms with van der Waals surface area (Å²) in [6, 6.07) is 0.599. The van der Waals surface area contributed by atoms with Crippen LogP contribution in [0.3, 0.4) is 0 Å². The third-order valence-electron chi connectivity index (χ3n) is 5.37. The minimum Gasteiger partial charge on any atom is -0.444 e.